The second-order valence-corrected chi connectivity index (χ2v) is 6.73. The Bertz CT molecular complexity index is 243. The number of hydrogen-bond acceptors (Lipinski definition) is 4. The van der Waals surface area contributed by atoms with Crippen LogP contribution < -0.4 is 5.32 Å². The topological polar surface area (TPSA) is 30.5 Å². The summed E-state index contributed by atoms with van der Waals surface area (Å²) in [7, 11) is 0. The highest BCUT2D eigenvalue weighted by Crippen LogP contribution is 2.48. The van der Waals surface area contributed by atoms with Gasteiger partial charge < -0.3 is 14.8 Å². The highest BCUT2D eigenvalue weighted by atomic mass is 32.2. The van der Waals surface area contributed by atoms with Gasteiger partial charge in [-0.1, -0.05) is 6.92 Å². The minimum absolute atomic E-state index is 0.209. The summed E-state index contributed by atoms with van der Waals surface area (Å²) < 4.78 is 11.5. The quantitative estimate of drug-likeness (QED) is 0.685. The largest absolute Gasteiger partial charge is 0.348 e. The second-order valence-electron chi connectivity index (χ2n) is 4.91. The van der Waals surface area contributed by atoms with Gasteiger partial charge >= 0.3 is 0 Å². The molecule has 3 aliphatic rings. The first kappa shape index (κ1) is 10.4. The van der Waals surface area contributed by atoms with Gasteiger partial charge in [-0.2, -0.15) is 0 Å². The summed E-state index contributed by atoms with van der Waals surface area (Å²) in [6.07, 6.45) is 4.48. The zero-order valence-corrected chi connectivity index (χ0v) is 10.1. The molecule has 1 saturated carbocycles. The highest BCUT2D eigenvalue weighted by molar-refractivity contribution is 8.01. The normalized spacial score (nSPS) is 37.8. The SMILES string of the molecule is CC1CNC2(CCC3(CC2)OCCO3)S1. The van der Waals surface area contributed by atoms with Crippen LogP contribution in [0.15, 0.2) is 0 Å². The molecule has 0 bridgehead atoms. The van der Waals surface area contributed by atoms with E-state index in [1.807, 2.05) is 0 Å². The minimum atomic E-state index is -0.209. The van der Waals surface area contributed by atoms with Crippen LogP contribution in [0.2, 0.25) is 0 Å². The van der Waals surface area contributed by atoms with Gasteiger partial charge in [0.05, 0.1) is 18.1 Å². The molecule has 0 radical (unpaired) electrons. The maximum Gasteiger partial charge on any atom is 0.168 e. The van der Waals surface area contributed by atoms with Crippen molar-refractivity contribution in [2.24, 2.45) is 0 Å². The van der Waals surface area contributed by atoms with Crippen molar-refractivity contribution in [1.82, 2.24) is 5.32 Å². The van der Waals surface area contributed by atoms with Crippen molar-refractivity contribution in [1.29, 1.82) is 0 Å². The van der Waals surface area contributed by atoms with Crippen LogP contribution in [-0.4, -0.2) is 35.7 Å². The monoisotopic (exact) mass is 229 g/mol. The minimum Gasteiger partial charge on any atom is -0.348 e. The molecule has 86 valence electrons. The maximum absolute atomic E-state index is 5.75. The molecule has 4 heteroatoms. The third-order valence-corrected chi connectivity index (χ3v) is 5.34. The van der Waals surface area contributed by atoms with E-state index in [1.54, 1.807) is 0 Å². The molecular weight excluding hydrogens is 210 g/mol. The van der Waals surface area contributed by atoms with Crippen LogP contribution in [0.5, 0.6) is 0 Å². The van der Waals surface area contributed by atoms with Gasteiger partial charge in [-0.3, -0.25) is 0 Å². The first-order chi connectivity index (χ1) is 7.22. The lowest BCUT2D eigenvalue weighted by molar-refractivity contribution is -0.181. The molecule has 1 N–H and O–H groups in total. The molecule has 0 amide bonds. The summed E-state index contributed by atoms with van der Waals surface area (Å²) in [6.45, 7) is 5.02. The van der Waals surface area contributed by atoms with Gasteiger partial charge in [0.15, 0.2) is 5.79 Å². The van der Waals surface area contributed by atoms with E-state index in [-0.39, 0.29) is 5.79 Å². The van der Waals surface area contributed by atoms with E-state index < -0.39 is 0 Å². The zero-order valence-electron chi connectivity index (χ0n) is 9.25. The molecule has 2 aliphatic heterocycles. The summed E-state index contributed by atoms with van der Waals surface area (Å²) >= 11 is 2.11. The van der Waals surface area contributed by atoms with E-state index >= 15 is 0 Å². The summed E-state index contributed by atoms with van der Waals surface area (Å²) in [5.74, 6) is -0.209. The van der Waals surface area contributed by atoms with Crippen molar-refractivity contribution in [3.05, 3.63) is 0 Å². The van der Waals surface area contributed by atoms with Crippen LogP contribution >= 0.6 is 11.8 Å². The Morgan fingerprint density at radius 3 is 2.33 bits per heavy atom. The van der Waals surface area contributed by atoms with Gasteiger partial charge in [0, 0.05) is 24.6 Å². The molecular formula is C11H19NO2S. The zero-order chi connectivity index (χ0) is 10.4. The van der Waals surface area contributed by atoms with Crippen LogP contribution in [0.1, 0.15) is 32.6 Å². The molecule has 1 atom stereocenters. The van der Waals surface area contributed by atoms with E-state index in [4.69, 9.17) is 9.47 Å². The lowest BCUT2D eigenvalue weighted by Gasteiger charge is -2.41. The fourth-order valence-corrected chi connectivity index (χ4v) is 4.46. The van der Waals surface area contributed by atoms with Crippen molar-refractivity contribution in [2.75, 3.05) is 19.8 Å². The Hall–Kier alpha value is 0.230. The van der Waals surface area contributed by atoms with E-state index in [9.17, 15) is 0 Å². The van der Waals surface area contributed by atoms with Gasteiger partial charge in [0.2, 0.25) is 0 Å². The molecule has 3 rings (SSSR count). The number of rotatable bonds is 0. The molecule has 2 spiro atoms. The van der Waals surface area contributed by atoms with Gasteiger partial charge in [-0.15, -0.1) is 11.8 Å². The summed E-state index contributed by atoms with van der Waals surface area (Å²) in [4.78, 5) is 0.333. The van der Waals surface area contributed by atoms with Gasteiger partial charge in [-0.25, -0.2) is 0 Å². The van der Waals surface area contributed by atoms with Crippen LogP contribution in [-0.2, 0) is 9.47 Å². The van der Waals surface area contributed by atoms with E-state index in [0.29, 0.717) is 4.87 Å². The molecule has 1 unspecified atom stereocenters. The first-order valence-corrected chi connectivity index (χ1v) is 6.81. The second kappa shape index (κ2) is 3.62. The molecule has 3 fully saturated rings. The van der Waals surface area contributed by atoms with Crippen LogP contribution in [0.25, 0.3) is 0 Å². The molecule has 1 aliphatic carbocycles. The third-order valence-electron chi connectivity index (χ3n) is 3.77. The van der Waals surface area contributed by atoms with E-state index in [1.165, 1.54) is 12.8 Å². The summed E-state index contributed by atoms with van der Waals surface area (Å²) in [5.41, 5.74) is 0. The summed E-state index contributed by atoms with van der Waals surface area (Å²) in [5, 5.41) is 4.43. The molecule has 3 nitrogen and oxygen atoms in total. The number of ether oxygens (including phenoxy) is 2. The average molecular weight is 229 g/mol. The summed E-state index contributed by atoms with van der Waals surface area (Å²) in [6, 6.07) is 0. The Kier molecular flexibility index (Phi) is 2.51. The smallest absolute Gasteiger partial charge is 0.168 e. The van der Waals surface area contributed by atoms with Crippen LogP contribution in [0.3, 0.4) is 0 Å². The molecule has 2 heterocycles. The highest BCUT2D eigenvalue weighted by Gasteiger charge is 2.48. The van der Waals surface area contributed by atoms with E-state index in [2.05, 4.69) is 24.0 Å². The number of nitrogens with one attached hydrogen (secondary N) is 1. The van der Waals surface area contributed by atoms with Crippen molar-refractivity contribution in [3.63, 3.8) is 0 Å². The standard InChI is InChI=1S/C11H19NO2S/c1-9-8-12-10(15-9)2-4-11(5-3-10)13-6-7-14-11/h9,12H,2-8H2,1H3. The fraction of sp³-hybridized carbons (Fsp3) is 1.00. The molecule has 15 heavy (non-hydrogen) atoms. The Morgan fingerprint density at radius 2 is 1.80 bits per heavy atom. The molecule has 0 aromatic heterocycles. The Labute approximate surface area is 95.3 Å². The van der Waals surface area contributed by atoms with Gasteiger partial charge in [-0.05, 0) is 12.8 Å². The van der Waals surface area contributed by atoms with Crippen molar-refractivity contribution in [2.45, 2.75) is 48.5 Å². The van der Waals surface area contributed by atoms with Crippen molar-refractivity contribution in [3.8, 4) is 0 Å². The third kappa shape index (κ3) is 1.82. The Balaban J connectivity index is 1.65. The predicted octanol–water partition coefficient (Wildman–Crippen LogP) is 1.72. The molecule has 0 aromatic carbocycles. The Morgan fingerprint density at radius 1 is 1.13 bits per heavy atom. The lowest BCUT2D eigenvalue weighted by Crippen LogP contribution is -2.47. The van der Waals surface area contributed by atoms with Crippen LogP contribution in [0.4, 0.5) is 0 Å². The number of hydrogen-bond donors (Lipinski definition) is 1. The number of thioether (sulfide) groups is 1. The lowest BCUT2D eigenvalue weighted by atomic mass is 9.89. The molecule has 0 aromatic rings. The van der Waals surface area contributed by atoms with Crippen molar-refractivity contribution >= 4 is 11.8 Å². The van der Waals surface area contributed by atoms with Gasteiger partial charge in [0.25, 0.3) is 0 Å². The maximum atomic E-state index is 5.75. The van der Waals surface area contributed by atoms with E-state index in [0.717, 1.165) is 37.9 Å². The predicted molar refractivity (Wildman–Crippen MR) is 60.9 cm³/mol. The van der Waals surface area contributed by atoms with Crippen molar-refractivity contribution < 1.29 is 9.47 Å². The van der Waals surface area contributed by atoms with Crippen LogP contribution in [0, 0.1) is 0 Å². The fourth-order valence-electron chi connectivity index (χ4n) is 2.91. The first-order valence-electron chi connectivity index (χ1n) is 5.93. The molecule has 2 saturated heterocycles. The average Bonchev–Trinajstić information content (AvgIpc) is 2.81. The van der Waals surface area contributed by atoms with Gasteiger partial charge in [0.1, 0.15) is 0 Å².